The molecule has 3 aromatic rings. The van der Waals surface area contributed by atoms with Gasteiger partial charge >= 0.3 is 5.97 Å². The number of rotatable bonds is 9. The summed E-state index contributed by atoms with van der Waals surface area (Å²) < 4.78 is 35.6. The number of aliphatic carboxylic acids is 1. The van der Waals surface area contributed by atoms with Crippen LogP contribution >= 0.6 is 0 Å². The van der Waals surface area contributed by atoms with Crippen LogP contribution in [0.2, 0.25) is 0 Å². The van der Waals surface area contributed by atoms with E-state index in [2.05, 4.69) is 0 Å². The Morgan fingerprint density at radius 2 is 1.76 bits per heavy atom. The van der Waals surface area contributed by atoms with Crippen LogP contribution in [-0.4, -0.2) is 101 Å². The molecular formula is C32H34O13. The van der Waals surface area contributed by atoms with E-state index in [0.717, 1.165) is 16.7 Å². The number of fused-ring (bicyclic) bond motifs is 5. The van der Waals surface area contributed by atoms with Crippen molar-refractivity contribution in [3.63, 3.8) is 0 Å². The fourth-order valence-electron chi connectivity index (χ4n) is 6.40. The first-order valence-electron chi connectivity index (χ1n) is 14.3. The quantitative estimate of drug-likeness (QED) is 0.198. The second kappa shape index (κ2) is 12.0. The highest BCUT2D eigenvalue weighted by Gasteiger charge is 2.58. The molecule has 3 aromatic carbocycles. The summed E-state index contributed by atoms with van der Waals surface area (Å²) in [5.74, 6) is -2.63. The molecule has 1 saturated heterocycles. The lowest BCUT2D eigenvalue weighted by molar-refractivity contribution is -0.338. The highest BCUT2D eigenvalue weighted by atomic mass is 16.7. The fraction of sp³-hybridized carbons (Fsp3) is 0.406. The predicted molar refractivity (Wildman–Crippen MR) is 155 cm³/mol. The van der Waals surface area contributed by atoms with Crippen molar-refractivity contribution < 1.29 is 63.9 Å². The minimum atomic E-state index is -2.44. The zero-order chi connectivity index (χ0) is 32.0. The minimum Gasteiger partial charge on any atom is -0.493 e. The fourth-order valence-corrected chi connectivity index (χ4v) is 6.40. The van der Waals surface area contributed by atoms with Crippen LogP contribution in [0.25, 0.3) is 11.1 Å². The summed E-state index contributed by atoms with van der Waals surface area (Å²) in [6.45, 7) is -0.979. The standard InChI is InChI=1S/C32H34O13/c1-40-21-10-16(8-9-33)22-19-13-42-20-12-17(44-32(14-34)30(37)25(36)24(35)29(45-32)31(38)39)11-18(15-6-4-3-5-7-15)23(20)26(19)43-28(22)27(21)41-2/h3-7,10-12,19,24-26,29-30,33-37H,8-9,13-14H2,1-2H3,(H,38,39). The van der Waals surface area contributed by atoms with Crippen molar-refractivity contribution in [1.29, 1.82) is 0 Å². The van der Waals surface area contributed by atoms with E-state index in [-0.39, 0.29) is 24.9 Å². The van der Waals surface area contributed by atoms with E-state index in [4.69, 9.17) is 28.4 Å². The van der Waals surface area contributed by atoms with E-state index >= 15 is 0 Å². The lowest BCUT2D eigenvalue weighted by Crippen LogP contribution is -2.69. The number of aliphatic hydroxyl groups is 5. The van der Waals surface area contributed by atoms with E-state index in [1.54, 1.807) is 6.07 Å². The summed E-state index contributed by atoms with van der Waals surface area (Å²) in [5, 5.41) is 61.2. The SMILES string of the molecule is COc1cc(CCO)c2c(c1OC)OC1c3c(cc(OC4(CO)OC(C(=O)O)C(O)C(O)C4O)cc3-c3ccccc3)OCC21. The van der Waals surface area contributed by atoms with Gasteiger partial charge in [0.2, 0.25) is 5.75 Å². The molecule has 1 fully saturated rings. The second-order valence-corrected chi connectivity index (χ2v) is 11.1. The molecule has 3 heterocycles. The maximum Gasteiger partial charge on any atom is 0.335 e. The molecule has 3 aliphatic rings. The molecule has 45 heavy (non-hydrogen) atoms. The normalized spacial score (nSPS) is 28.2. The predicted octanol–water partition coefficient (Wildman–Crippen LogP) is 1.15. The van der Waals surface area contributed by atoms with Crippen molar-refractivity contribution in [3.05, 3.63) is 65.2 Å². The number of carbonyl (C=O) groups is 1. The van der Waals surface area contributed by atoms with Crippen LogP contribution in [0.4, 0.5) is 0 Å². The van der Waals surface area contributed by atoms with Gasteiger partial charge in [-0.3, -0.25) is 0 Å². The number of aliphatic hydroxyl groups excluding tert-OH is 5. The van der Waals surface area contributed by atoms with Gasteiger partial charge in [-0.05, 0) is 35.2 Å². The Bertz CT molecular complexity index is 1580. The van der Waals surface area contributed by atoms with Crippen LogP contribution in [0.1, 0.15) is 28.7 Å². The first-order valence-corrected chi connectivity index (χ1v) is 14.3. The van der Waals surface area contributed by atoms with Crippen molar-refractivity contribution in [1.82, 2.24) is 0 Å². The lowest BCUT2D eigenvalue weighted by Gasteiger charge is -2.46. The molecule has 7 unspecified atom stereocenters. The van der Waals surface area contributed by atoms with Crippen LogP contribution in [0.5, 0.6) is 28.7 Å². The maximum absolute atomic E-state index is 11.8. The Kier molecular flexibility index (Phi) is 8.24. The number of benzene rings is 3. The molecule has 0 bridgehead atoms. The smallest absolute Gasteiger partial charge is 0.335 e. The van der Waals surface area contributed by atoms with E-state index < -0.39 is 48.9 Å². The number of methoxy groups -OCH3 is 2. The highest BCUT2D eigenvalue weighted by molar-refractivity contribution is 5.75. The summed E-state index contributed by atoms with van der Waals surface area (Å²) in [5.41, 5.74) is 3.67. The Balaban J connectivity index is 1.47. The number of hydrogen-bond acceptors (Lipinski definition) is 12. The topological polar surface area (TPSA) is 194 Å². The molecule has 0 saturated carbocycles. The largest absolute Gasteiger partial charge is 0.493 e. The molecule has 3 aliphatic heterocycles. The highest BCUT2D eigenvalue weighted by Crippen LogP contribution is 2.59. The second-order valence-electron chi connectivity index (χ2n) is 11.1. The van der Waals surface area contributed by atoms with Gasteiger partial charge < -0.3 is 59.1 Å². The number of hydrogen-bond donors (Lipinski definition) is 6. The van der Waals surface area contributed by atoms with Gasteiger partial charge in [0, 0.05) is 23.8 Å². The van der Waals surface area contributed by atoms with Gasteiger partial charge in [-0.2, -0.15) is 0 Å². The van der Waals surface area contributed by atoms with Gasteiger partial charge in [0.15, 0.2) is 23.7 Å². The van der Waals surface area contributed by atoms with Crippen molar-refractivity contribution in [2.75, 3.05) is 34.0 Å². The van der Waals surface area contributed by atoms with Crippen LogP contribution < -0.4 is 23.7 Å². The van der Waals surface area contributed by atoms with Gasteiger partial charge in [-0.25, -0.2) is 4.79 Å². The molecule has 7 atom stereocenters. The van der Waals surface area contributed by atoms with E-state index in [0.29, 0.717) is 40.5 Å². The summed E-state index contributed by atoms with van der Waals surface area (Å²) >= 11 is 0. The molecule has 6 rings (SSSR count). The third-order valence-corrected chi connectivity index (χ3v) is 8.53. The van der Waals surface area contributed by atoms with Gasteiger partial charge in [0.1, 0.15) is 36.4 Å². The van der Waals surface area contributed by atoms with Crippen LogP contribution in [0, 0.1) is 0 Å². The molecule has 0 spiro atoms. The van der Waals surface area contributed by atoms with Crippen molar-refractivity contribution in [2.24, 2.45) is 0 Å². The average Bonchev–Trinajstić information content (AvgIpc) is 3.44. The van der Waals surface area contributed by atoms with E-state index in [1.807, 2.05) is 36.4 Å². The van der Waals surface area contributed by atoms with Crippen molar-refractivity contribution in [3.8, 4) is 39.9 Å². The molecule has 0 radical (unpaired) electrons. The molecule has 0 amide bonds. The monoisotopic (exact) mass is 626 g/mol. The van der Waals surface area contributed by atoms with Gasteiger partial charge in [-0.15, -0.1) is 0 Å². The Morgan fingerprint density at radius 3 is 2.40 bits per heavy atom. The van der Waals surface area contributed by atoms with Crippen molar-refractivity contribution >= 4 is 5.97 Å². The number of ether oxygens (including phenoxy) is 6. The zero-order valence-electron chi connectivity index (χ0n) is 24.5. The number of carboxylic acid groups (broad SMARTS) is 1. The Labute approximate surface area is 257 Å². The molecule has 240 valence electrons. The first-order chi connectivity index (χ1) is 21.7. The zero-order valence-corrected chi connectivity index (χ0v) is 24.5. The average molecular weight is 627 g/mol. The molecule has 0 aliphatic carbocycles. The molecular weight excluding hydrogens is 592 g/mol. The minimum absolute atomic E-state index is 0.0163. The molecule has 0 aromatic heterocycles. The third kappa shape index (κ3) is 5.01. The summed E-state index contributed by atoms with van der Waals surface area (Å²) in [6.07, 6.45) is -8.20. The third-order valence-electron chi connectivity index (χ3n) is 8.53. The molecule has 13 heteroatoms. The van der Waals surface area contributed by atoms with Crippen LogP contribution in [0.15, 0.2) is 48.5 Å². The first kappa shape index (κ1) is 30.9. The molecule has 13 nitrogen and oxygen atoms in total. The van der Waals surface area contributed by atoms with E-state index in [9.17, 15) is 35.4 Å². The Hall–Kier alpha value is -4.11. The summed E-state index contributed by atoms with van der Waals surface area (Å²) in [7, 11) is 3.04. The van der Waals surface area contributed by atoms with Gasteiger partial charge in [0.05, 0.1) is 26.7 Å². The van der Waals surface area contributed by atoms with E-state index in [1.165, 1.54) is 20.3 Å². The lowest BCUT2D eigenvalue weighted by atomic mass is 9.83. The maximum atomic E-state index is 11.8. The summed E-state index contributed by atoms with van der Waals surface area (Å²) in [6, 6.07) is 14.2. The van der Waals surface area contributed by atoms with Crippen LogP contribution in [-0.2, 0) is 16.0 Å². The van der Waals surface area contributed by atoms with Crippen molar-refractivity contribution in [2.45, 2.75) is 48.6 Å². The van der Waals surface area contributed by atoms with Crippen LogP contribution in [0.3, 0.4) is 0 Å². The number of carboxylic acids is 1. The molecule has 6 N–H and O–H groups in total. The van der Waals surface area contributed by atoms with Gasteiger partial charge in [0.25, 0.3) is 5.79 Å². The summed E-state index contributed by atoms with van der Waals surface area (Å²) in [4.78, 5) is 11.8. The Morgan fingerprint density at radius 1 is 1.00 bits per heavy atom. The van der Waals surface area contributed by atoms with Gasteiger partial charge in [-0.1, -0.05) is 30.3 Å².